The van der Waals surface area contributed by atoms with Gasteiger partial charge in [0.2, 0.25) is 5.91 Å². The summed E-state index contributed by atoms with van der Waals surface area (Å²) in [6, 6.07) is 16.4. The van der Waals surface area contributed by atoms with Gasteiger partial charge in [0.25, 0.3) is 0 Å². The van der Waals surface area contributed by atoms with E-state index in [2.05, 4.69) is 61.3 Å². The quantitative estimate of drug-likeness (QED) is 0.670. The first-order valence-electron chi connectivity index (χ1n) is 14.0. The minimum absolute atomic E-state index is 0.0141. The highest BCUT2D eigenvalue weighted by Crippen LogP contribution is 2.43. The zero-order chi connectivity index (χ0) is 25.3. The molecule has 3 aliphatic rings. The van der Waals surface area contributed by atoms with Crippen LogP contribution in [0, 0.1) is 17.7 Å². The normalized spacial score (nSPS) is 30.4. The van der Waals surface area contributed by atoms with E-state index in [0.29, 0.717) is 38.0 Å². The number of nitrogens with two attached hydrogens (primary N) is 1. The summed E-state index contributed by atoms with van der Waals surface area (Å²) in [5, 5.41) is 2.21. The van der Waals surface area contributed by atoms with E-state index < -0.39 is 5.41 Å². The zero-order valence-corrected chi connectivity index (χ0v) is 22.1. The number of rotatable bonds is 5. The third kappa shape index (κ3) is 4.50. The van der Waals surface area contributed by atoms with Crippen LogP contribution in [0.1, 0.15) is 69.1 Å². The average Bonchev–Trinajstić information content (AvgIpc) is 3.26. The summed E-state index contributed by atoms with van der Waals surface area (Å²) in [6.07, 6.45) is 4.81. The number of quaternary nitrogens is 1. The molecule has 5 unspecified atom stereocenters. The predicted octanol–water partition coefficient (Wildman–Crippen LogP) is 4.43. The van der Waals surface area contributed by atoms with Gasteiger partial charge in [0, 0.05) is 18.2 Å². The van der Waals surface area contributed by atoms with E-state index in [1.54, 1.807) is 12.1 Å². The number of carbonyl (C=O) groups excluding carboxylic acids is 1. The van der Waals surface area contributed by atoms with Gasteiger partial charge in [-0.3, -0.25) is 4.79 Å². The Hall–Kier alpha value is -2.24. The Balaban J connectivity index is 1.49. The average molecular weight is 494 g/mol. The maximum absolute atomic E-state index is 15.5. The van der Waals surface area contributed by atoms with Gasteiger partial charge in [-0.2, -0.15) is 0 Å². The molecule has 1 amide bonds. The Labute approximate surface area is 215 Å². The highest BCUT2D eigenvalue weighted by molar-refractivity contribution is 5.82. The number of nitrogens with zero attached hydrogens (tertiary/aromatic N) is 1. The van der Waals surface area contributed by atoms with Crippen molar-refractivity contribution in [1.82, 2.24) is 4.90 Å². The molecule has 2 N–H and O–H groups in total. The molecule has 2 aromatic rings. The van der Waals surface area contributed by atoms with Crippen molar-refractivity contribution in [2.24, 2.45) is 11.8 Å². The molecule has 0 aromatic heterocycles. The van der Waals surface area contributed by atoms with Gasteiger partial charge in [-0.1, -0.05) is 69.2 Å². The summed E-state index contributed by atoms with van der Waals surface area (Å²) in [4.78, 5) is 16.7. The standard InChI is InChI=1S/C31H41FN2O2/c1-4-22(5-2)28-17-24(23-10-7-6-8-11-23)14-15-34(28)30(35)26-18-33-19-31(26)20-36-21(3)16-25-12-9-13-27(32)29(25)31/h6-13,21-22,24,26,28,33H,4-5,14-20H2,1-3H3/p+1. The third-order valence-electron chi connectivity index (χ3n) is 9.40. The van der Waals surface area contributed by atoms with Crippen LogP contribution < -0.4 is 5.32 Å². The lowest BCUT2D eigenvalue weighted by Crippen LogP contribution is -2.82. The number of likely N-dealkylation sites (tertiary alicyclic amines) is 1. The van der Waals surface area contributed by atoms with Gasteiger partial charge in [-0.15, -0.1) is 0 Å². The minimum Gasteiger partial charge on any atom is -0.377 e. The molecular weight excluding hydrogens is 451 g/mol. The molecule has 0 radical (unpaired) electrons. The number of amides is 1. The van der Waals surface area contributed by atoms with Crippen LogP contribution in [-0.2, 0) is 21.4 Å². The van der Waals surface area contributed by atoms with Crippen molar-refractivity contribution in [3.8, 4) is 0 Å². The second kappa shape index (κ2) is 10.6. The smallest absolute Gasteiger partial charge is 0.232 e. The molecular formula is C31H42FN2O2+. The number of fused-ring (bicyclic) bond motifs is 2. The SMILES string of the molecule is CCC(CC)C1CC(c2ccccc2)CCN1C(=O)C1C[NH2+]CC12COC(C)Cc1cccc(F)c12. The van der Waals surface area contributed by atoms with Crippen LogP contribution in [-0.4, -0.2) is 49.2 Å². The number of ether oxygens (including phenoxy) is 1. The Morgan fingerprint density at radius 1 is 1.17 bits per heavy atom. The maximum Gasteiger partial charge on any atom is 0.232 e. The lowest BCUT2D eigenvalue weighted by atomic mass is 9.69. The van der Waals surface area contributed by atoms with Crippen LogP contribution in [0.4, 0.5) is 4.39 Å². The molecule has 5 heteroatoms. The highest BCUT2D eigenvalue weighted by atomic mass is 19.1. The Bertz CT molecular complexity index is 1060. The largest absolute Gasteiger partial charge is 0.377 e. The molecule has 5 atom stereocenters. The van der Waals surface area contributed by atoms with Crippen molar-refractivity contribution in [1.29, 1.82) is 0 Å². The maximum atomic E-state index is 15.5. The molecule has 1 spiro atoms. The van der Waals surface area contributed by atoms with Gasteiger partial charge in [0.15, 0.2) is 0 Å². The first kappa shape index (κ1) is 25.4. The molecule has 36 heavy (non-hydrogen) atoms. The fourth-order valence-electron chi connectivity index (χ4n) is 7.46. The molecule has 3 aliphatic heterocycles. The lowest BCUT2D eigenvalue weighted by molar-refractivity contribution is -0.640. The van der Waals surface area contributed by atoms with Crippen molar-refractivity contribution in [2.75, 3.05) is 26.2 Å². The molecule has 0 aliphatic carbocycles. The Morgan fingerprint density at radius 3 is 2.69 bits per heavy atom. The van der Waals surface area contributed by atoms with Crippen molar-refractivity contribution in [3.05, 3.63) is 71.0 Å². The van der Waals surface area contributed by atoms with Crippen molar-refractivity contribution >= 4 is 5.91 Å². The fraction of sp³-hybridized carbons (Fsp3) is 0.581. The summed E-state index contributed by atoms with van der Waals surface area (Å²) in [6.45, 7) is 9.12. The van der Waals surface area contributed by atoms with E-state index in [0.717, 1.165) is 43.4 Å². The first-order valence-corrected chi connectivity index (χ1v) is 14.0. The number of hydrogen-bond donors (Lipinski definition) is 1. The van der Waals surface area contributed by atoms with Gasteiger partial charge < -0.3 is 15.0 Å². The molecule has 2 aromatic carbocycles. The second-order valence-corrected chi connectivity index (χ2v) is 11.3. The summed E-state index contributed by atoms with van der Waals surface area (Å²) < 4.78 is 21.8. The van der Waals surface area contributed by atoms with Crippen LogP contribution in [0.2, 0.25) is 0 Å². The molecule has 0 saturated carbocycles. The second-order valence-electron chi connectivity index (χ2n) is 11.3. The summed E-state index contributed by atoms with van der Waals surface area (Å²) in [5.41, 5.74) is 2.51. The first-order chi connectivity index (χ1) is 17.5. The number of carbonyl (C=O) groups is 1. The van der Waals surface area contributed by atoms with Crippen LogP contribution >= 0.6 is 0 Å². The van der Waals surface area contributed by atoms with Gasteiger partial charge in [0.1, 0.15) is 11.7 Å². The van der Waals surface area contributed by atoms with Crippen molar-refractivity contribution in [2.45, 2.75) is 76.4 Å². The van der Waals surface area contributed by atoms with Crippen LogP contribution in [0.5, 0.6) is 0 Å². The number of benzene rings is 2. The Kier molecular flexibility index (Phi) is 7.50. The number of piperidine rings is 1. The molecule has 2 saturated heterocycles. The van der Waals surface area contributed by atoms with E-state index in [1.807, 2.05) is 6.07 Å². The molecule has 194 valence electrons. The van der Waals surface area contributed by atoms with E-state index >= 15 is 4.39 Å². The lowest BCUT2D eigenvalue weighted by Gasteiger charge is -2.45. The van der Waals surface area contributed by atoms with Crippen LogP contribution in [0.25, 0.3) is 0 Å². The van der Waals surface area contributed by atoms with Gasteiger partial charge in [-0.25, -0.2) is 4.39 Å². The molecule has 4 nitrogen and oxygen atoms in total. The summed E-state index contributed by atoms with van der Waals surface area (Å²) in [5.74, 6) is 0.696. The van der Waals surface area contributed by atoms with Gasteiger partial charge in [0.05, 0.1) is 31.2 Å². The summed E-state index contributed by atoms with van der Waals surface area (Å²) in [7, 11) is 0. The van der Waals surface area contributed by atoms with E-state index in [4.69, 9.17) is 4.74 Å². The fourth-order valence-corrected chi connectivity index (χ4v) is 7.46. The summed E-state index contributed by atoms with van der Waals surface area (Å²) >= 11 is 0. The van der Waals surface area contributed by atoms with Crippen molar-refractivity contribution in [3.63, 3.8) is 0 Å². The minimum atomic E-state index is -0.614. The Morgan fingerprint density at radius 2 is 1.94 bits per heavy atom. The van der Waals surface area contributed by atoms with E-state index in [-0.39, 0.29) is 29.8 Å². The predicted molar refractivity (Wildman–Crippen MR) is 140 cm³/mol. The van der Waals surface area contributed by atoms with Gasteiger partial charge >= 0.3 is 0 Å². The molecule has 3 heterocycles. The number of hydrogen-bond acceptors (Lipinski definition) is 2. The van der Waals surface area contributed by atoms with Gasteiger partial charge in [-0.05, 0) is 55.2 Å². The third-order valence-corrected chi connectivity index (χ3v) is 9.40. The van der Waals surface area contributed by atoms with Crippen molar-refractivity contribution < 1.29 is 19.2 Å². The van der Waals surface area contributed by atoms with Crippen LogP contribution in [0.3, 0.4) is 0 Å². The highest BCUT2D eigenvalue weighted by Gasteiger charge is 2.56. The van der Waals surface area contributed by atoms with Crippen LogP contribution in [0.15, 0.2) is 48.5 Å². The molecule has 0 bridgehead atoms. The monoisotopic (exact) mass is 493 g/mol. The van der Waals surface area contributed by atoms with E-state index in [1.165, 1.54) is 5.56 Å². The molecule has 2 fully saturated rings. The topological polar surface area (TPSA) is 46.2 Å². The zero-order valence-electron chi connectivity index (χ0n) is 22.1. The number of halogens is 1. The molecule has 5 rings (SSSR count). The van der Waals surface area contributed by atoms with E-state index in [9.17, 15) is 4.79 Å².